The molecule has 12 heteroatoms. The van der Waals surface area contributed by atoms with Crippen LogP contribution < -0.4 is 14.3 Å². The van der Waals surface area contributed by atoms with Crippen molar-refractivity contribution in [3.05, 3.63) is 82.3 Å². The van der Waals surface area contributed by atoms with Crippen LogP contribution in [0.2, 0.25) is 10.0 Å². The van der Waals surface area contributed by atoms with Crippen molar-refractivity contribution in [2.45, 2.75) is 11.8 Å². The Balaban J connectivity index is 1.72. The molecule has 180 valence electrons. The quantitative estimate of drug-likeness (QED) is 0.435. The van der Waals surface area contributed by atoms with Gasteiger partial charge in [0.15, 0.2) is 0 Å². The average Bonchev–Trinajstić information content (AvgIpc) is 2.74. The Morgan fingerprint density at radius 3 is 1.97 bits per heavy atom. The maximum atomic E-state index is 12.6. The van der Waals surface area contributed by atoms with Crippen LogP contribution in [0.4, 0.5) is 17.1 Å². The van der Waals surface area contributed by atoms with Gasteiger partial charge in [0.1, 0.15) is 6.54 Å². The predicted molar refractivity (Wildman–Crippen MR) is 136 cm³/mol. The van der Waals surface area contributed by atoms with Gasteiger partial charge >= 0.3 is 0 Å². The fourth-order valence-electron chi connectivity index (χ4n) is 3.06. The zero-order chi connectivity index (χ0) is 25.1. The van der Waals surface area contributed by atoms with Crippen molar-refractivity contribution >= 4 is 66.2 Å². The smallest absolute Gasteiger partial charge is 0.261 e. The number of hydrogen-bond acceptors (Lipinski definition) is 5. The van der Waals surface area contributed by atoms with Crippen LogP contribution in [0, 0.1) is 6.92 Å². The predicted octanol–water partition coefficient (Wildman–Crippen LogP) is 4.51. The Kier molecular flexibility index (Phi) is 7.77. The van der Waals surface area contributed by atoms with Gasteiger partial charge in [-0.15, -0.1) is 0 Å². The minimum Gasteiger partial charge on any atom is -0.325 e. The molecule has 3 aromatic rings. The summed E-state index contributed by atoms with van der Waals surface area (Å²) < 4.78 is 53.2. The second-order valence-electron chi connectivity index (χ2n) is 7.39. The third-order valence-corrected chi connectivity index (χ3v) is 7.67. The molecule has 0 aliphatic rings. The fraction of sp³-hybridized carbons (Fsp3) is 0.136. The molecule has 0 aliphatic heterocycles. The molecule has 3 aromatic carbocycles. The van der Waals surface area contributed by atoms with Gasteiger partial charge in [0.05, 0.1) is 16.8 Å². The first-order valence-electron chi connectivity index (χ1n) is 9.77. The van der Waals surface area contributed by atoms with Gasteiger partial charge in [-0.1, -0.05) is 23.2 Å². The largest absolute Gasteiger partial charge is 0.325 e. The Morgan fingerprint density at radius 2 is 1.41 bits per heavy atom. The van der Waals surface area contributed by atoms with Gasteiger partial charge in [-0.3, -0.25) is 13.8 Å². The number of anilines is 3. The highest BCUT2D eigenvalue weighted by Crippen LogP contribution is 2.26. The van der Waals surface area contributed by atoms with E-state index in [2.05, 4.69) is 10.0 Å². The summed E-state index contributed by atoms with van der Waals surface area (Å²) in [5, 5.41) is 3.50. The molecule has 0 fully saturated rings. The number of nitrogens with zero attached hydrogens (tertiary/aromatic N) is 1. The number of halogens is 2. The standard InChI is InChI=1S/C22H21Cl2N3O5S2/c1-15-13-17(24)5-12-21(15)27(33(2,29)30)14-22(28)25-18-8-10-20(11-9-18)34(31,32)26-19-6-3-16(23)4-7-19/h3-13,26H,14H2,1-2H3,(H,25,28). The number of rotatable bonds is 8. The first kappa shape index (κ1) is 25.8. The van der Waals surface area contributed by atoms with E-state index >= 15 is 0 Å². The molecule has 2 N–H and O–H groups in total. The summed E-state index contributed by atoms with van der Waals surface area (Å²) >= 11 is 11.8. The highest BCUT2D eigenvalue weighted by atomic mass is 35.5. The summed E-state index contributed by atoms with van der Waals surface area (Å²) in [5.41, 5.74) is 1.57. The van der Waals surface area contributed by atoms with E-state index in [0.717, 1.165) is 10.6 Å². The van der Waals surface area contributed by atoms with Crippen molar-refractivity contribution in [1.29, 1.82) is 0 Å². The van der Waals surface area contributed by atoms with E-state index in [-0.39, 0.29) is 4.90 Å². The first-order chi connectivity index (χ1) is 15.8. The van der Waals surface area contributed by atoms with Crippen molar-refractivity contribution in [2.75, 3.05) is 27.1 Å². The molecule has 1 amide bonds. The molecule has 34 heavy (non-hydrogen) atoms. The second-order valence-corrected chi connectivity index (χ2v) is 11.8. The van der Waals surface area contributed by atoms with Crippen molar-refractivity contribution < 1.29 is 21.6 Å². The van der Waals surface area contributed by atoms with E-state index < -0.39 is 32.5 Å². The lowest BCUT2D eigenvalue weighted by Crippen LogP contribution is -2.37. The number of hydrogen-bond donors (Lipinski definition) is 2. The summed E-state index contributed by atoms with van der Waals surface area (Å²) in [7, 11) is -7.62. The van der Waals surface area contributed by atoms with Crippen LogP contribution in [0.1, 0.15) is 5.56 Å². The van der Waals surface area contributed by atoms with Crippen LogP contribution in [0.25, 0.3) is 0 Å². The molecular formula is C22H21Cl2N3O5S2. The molecular weight excluding hydrogens is 521 g/mol. The molecule has 0 spiro atoms. The molecule has 0 saturated heterocycles. The highest BCUT2D eigenvalue weighted by Gasteiger charge is 2.23. The zero-order valence-corrected chi connectivity index (χ0v) is 21.3. The third-order valence-electron chi connectivity index (χ3n) is 4.66. The van der Waals surface area contributed by atoms with Gasteiger partial charge in [-0.25, -0.2) is 16.8 Å². The van der Waals surface area contributed by atoms with Crippen LogP contribution in [0.5, 0.6) is 0 Å². The topological polar surface area (TPSA) is 113 Å². The number of amides is 1. The third kappa shape index (κ3) is 6.63. The molecule has 0 aliphatic carbocycles. The van der Waals surface area contributed by atoms with Gasteiger partial charge in [0.2, 0.25) is 15.9 Å². The average molecular weight is 542 g/mol. The molecule has 0 aromatic heterocycles. The molecule has 0 unspecified atom stereocenters. The molecule has 0 radical (unpaired) electrons. The maximum absolute atomic E-state index is 12.6. The summed E-state index contributed by atoms with van der Waals surface area (Å²) in [6, 6.07) is 16.3. The van der Waals surface area contributed by atoms with E-state index in [1.54, 1.807) is 25.1 Å². The number of nitrogens with one attached hydrogen (secondary N) is 2. The van der Waals surface area contributed by atoms with Gasteiger partial charge in [-0.05, 0) is 79.2 Å². The van der Waals surface area contributed by atoms with Gasteiger partial charge < -0.3 is 5.32 Å². The minimum absolute atomic E-state index is 0.0185. The second kappa shape index (κ2) is 10.2. The van der Waals surface area contributed by atoms with Crippen LogP contribution in [0.3, 0.4) is 0 Å². The molecule has 0 heterocycles. The summed E-state index contributed by atoms with van der Waals surface area (Å²) in [4.78, 5) is 12.6. The highest BCUT2D eigenvalue weighted by molar-refractivity contribution is 7.92. The lowest BCUT2D eigenvalue weighted by Gasteiger charge is -2.23. The number of carbonyl (C=O) groups is 1. The molecule has 3 rings (SSSR count). The Hall–Kier alpha value is -2.79. The minimum atomic E-state index is -3.86. The maximum Gasteiger partial charge on any atom is 0.261 e. The Bertz CT molecular complexity index is 1410. The molecule has 0 bridgehead atoms. The van der Waals surface area contributed by atoms with E-state index in [1.165, 1.54) is 48.5 Å². The lowest BCUT2D eigenvalue weighted by molar-refractivity contribution is -0.114. The SMILES string of the molecule is Cc1cc(Cl)ccc1N(CC(=O)Nc1ccc(S(=O)(=O)Nc2ccc(Cl)cc2)cc1)S(C)(=O)=O. The van der Waals surface area contributed by atoms with Crippen LogP contribution in [-0.4, -0.2) is 35.5 Å². The van der Waals surface area contributed by atoms with Crippen molar-refractivity contribution in [3.63, 3.8) is 0 Å². The first-order valence-corrected chi connectivity index (χ1v) is 13.9. The van der Waals surface area contributed by atoms with E-state index in [9.17, 15) is 21.6 Å². The summed E-state index contributed by atoms with van der Waals surface area (Å²) in [6.45, 7) is 1.22. The number of sulfonamides is 2. The van der Waals surface area contributed by atoms with Gasteiger partial charge in [0, 0.05) is 21.4 Å². The van der Waals surface area contributed by atoms with Gasteiger partial charge in [-0.2, -0.15) is 0 Å². The number of benzene rings is 3. The van der Waals surface area contributed by atoms with Crippen LogP contribution >= 0.6 is 23.2 Å². The van der Waals surface area contributed by atoms with Gasteiger partial charge in [0.25, 0.3) is 10.0 Å². The molecule has 8 nitrogen and oxygen atoms in total. The molecule has 0 atom stereocenters. The zero-order valence-electron chi connectivity index (χ0n) is 18.1. The molecule has 0 saturated carbocycles. The summed E-state index contributed by atoms with van der Waals surface area (Å²) in [6.07, 6.45) is 1.00. The van der Waals surface area contributed by atoms with Crippen LogP contribution in [0.15, 0.2) is 71.6 Å². The monoisotopic (exact) mass is 541 g/mol. The van der Waals surface area contributed by atoms with E-state index in [0.29, 0.717) is 32.7 Å². The Morgan fingerprint density at radius 1 is 0.853 bits per heavy atom. The van der Waals surface area contributed by atoms with Crippen molar-refractivity contribution in [3.8, 4) is 0 Å². The van der Waals surface area contributed by atoms with Crippen LogP contribution in [-0.2, 0) is 24.8 Å². The lowest BCUT2D eigenvalue weighted by atomic mass is 10.2. The normalized spacial score (nSPS) is 11.6. The number of carbonyl (C=O) groups excluding carboxylic acids is 1. The summed E-state index contributed by atoms with van der Waals surface area (Å²) in [5.74, 6) is -0.602. The van der Waals surface area contributed by atoms with E-state index in [1.807, 2.05) is 0 Å². The van der Waals surface area contributed by atoms with E-state index in [4.69, 9.17) is 23.2 Å². The van der Waals surface area contributed by atoms with Crippen molar-refractivity contribution in [2.24, 2.45) is 0 Å². The fourth-order valence-corrected chi connectivity index (χ4v) is 5.39. The van der Waals surface area contributed by atoms with Crippen molar-refractivity contribution in [1.82, 2.24) is 0 Å². The number of aryl methyl sites for hydroxylation is 1. The Labute approximate surface area is 208 Å².